The second-order valence-corrected chi connectivity index (χ2v) is 9.04. The molecule has 2 amide bonds. The van der Waals surface area contributed by atoms with Crippen LogP contribution in [-0.4, -0.2) is 46.3 Å². The molecule has 3 rings (SSSR count). The van der Waals surface area contributed by atoms with Crippen molar-refractivity contribution in [1.29, 1.82) is 0 Å². The van der Waals surface area contributed by atoms with E-state index in [0.29, 0.717) is 22.9 Å². The first-order chi connectivity index (χ1) is 14.2. The van der Waals surface area contributed by atoms with Crippen molar-refractivity contribution in [1.82, 2.24) is 0 Å². The summed E-state index contributed by atoms with van der Waals surface area (Å²) in [5.41, 5.74) is 0.813. The van der Waals surface area contributed by atoms with Crippen molar-refractivity contribution in [3.8, 4) is 17.2 Å². The summed E-state index contributed by atoms with van der Waals surface area (Å²) < 4.78 is 41.5. The van der Waals surface area contributed by atoms with Crippen LogP contribution in [0, 0.1) is 0 Å². The number of anilines is 2. The summed E-state index contributed by atoms with van der Waals surface area (Å²) in [6, 6.07) is 9.08. The van der Waals surface area contributed by atoms with E-state index in [-0.39, 0.29) is 29.6 Å². The number of carbonyl (C=O) groups is 2. The first kappa shape index (κ1) is 21.4. The SMILES string of the molecule is COc1ccc(NC(=O)CC(C)S(=O)(=O)c2ccc3c(c2)OCC(=O)N3)c(OC)c1. The highest BCUT2D eigenvalue weighted by Gasteiger charge is 2.28. The Balaban J connectivity index is 1.72. The molecule has 1 atom stereocenters. The number of nitrogens with one attached hydrogen (secondary N) is 2. The van der Waals surface area contributed by atoms with Gasteiger partial charge in [-0.15, -0.1) is 0 Å². The molecule has 2 aromatic rings. The fourth-order valence-electron chi connectivity index (χ4n) is 2.94. The van der Waals surface area contributed by atoms with Gasteiger partial charge in [0.2, 0.25) is 5.91 Å². The quantitative estimate of drug-likeness (QED) is 0.686. The van der Waals surface area contributed by atoms with Crippen LogP contribution in [0.3, 0.4) is 0 Å². The van der Waals surface area contributed by atoms with Crippen LogP contribution in [0.15, 0.2) is 41.3 Å². The molecule has 0 aromatic heterocycles. The van der Waals surface area contributed by atoms with Crippen LogP contribution in [0.5, 0.6) is 17.2 Å². The second kappa shape index (κ2) is 8.62. The Bertz CT molecular complexity index is 1080. The molecule has 0 aliphatic carbocycles. The Kier molecular flexibility index (Phi) is 6.16. The van der Waals surface area contributed by atoms with Crippen LogP contribution in [0.4, 0.5) is 11.4 Å². The molecule has 30 heavy (non-hydrogen) atoms. The fourth-order valence-corrected chi connectivity index (χ4v) is 4.30. The highest BCUT2D eigenvalue weighted by atomic mass is 32.2. The third kappa shape index (κ3) is 4.48. The zero-order valence-corrected chi connectivity index (χ0v) is 17.5. The summed E-state index contributed by atoms with van der Waals surface area (Å²) in [6.07, 6.45) is -0.258. The van der Waals surface area contributed by atoms with Gasteiger partial charge in [0.15, 0.2) is 16.4 Å². The lowest BCUT2D eigenvalue weighted by Crippen LogP contribution is -2.27. The van der Waals surface area contributed by atoms with Crippen molar-refractivity contribution >= 4 is 33.0 Å². The molecule has 10 heteroatoms. The number of ether oxygens (including phenoxy) is 3. The summed E-state index contributed by atoms with van der Waals surface area (Å²) in [4.78, 5) is 23.8. The number of carbonyl (C=O) groups excluding carboxylic acids is 2. The summed E-state index contributed by atoms with van der Waals surface area (Å²) >= 11 is 0. The Hall–Kier alpha value is -3.27. The van der Waals surface area contributed by atoms with Gasteiger partial charge >= 0.3 is 0 Å². The van der Waals surface area contributed by atoms with E-state index in [1.165, 1.54) is 39.3 Å². The summed E-state index contributed by atoms with van der Waals surface area (Å²) in [7, 11) is -0.835. The monoisotopic (exact) mass is 434 g/mol. The summed E-state index contributed by atoms with van der Waals surface area (Å²) in [5.74, 6) is 0.446. The Morgan fingerprint density at radius 2 is 1.97 bits per heavy atom. The van der Waals surface area contributed by atoms with Crippen LogP contribution < -0.4 is 24.8 Å². The Morgan fingerprint density at radius 3 is 2.67 bits per heavy atom. The largest absolute Gasteiger partial charge is 0.497 e. The van der Waals surface area contributed by atoms with Gasteiger partial charge in [-0.05, 0) is 31.2 Å². The minimum atomic E-state index is -3.80. The van der Waals surface area contributed by atoms with Crippen LogP contribution >= 0.6 is 0 Å². The van der Waals surface area contributed by atoms with Crippen molar-refractivity contribution in [2.24, 2.45) is 0 Å². The van der Waals surface area contributed by atoms with E-state index >= 15 is 0 Å². The Morgan fingerprint density at radius 1 is 1.20 bits per heavy atom. The maximum Gasteiger partial charge on any atom is 0.262 e. The molecule has 1 heterocycles. The molecule has 1 unspecified atom stereocenters. The molecule has 2 aromatic carbocycles. The number of hydrogen-bond donors (Lipinski definition) is 2. The number of rotatable bonds is 7. The average Bonchev–Trinajstić information content (AvgIpc) is 2.73. The first-order valence-corrected chi connectivity index (χ1v) is 10.6. The van der Waals surface area contributed by atoms with Crippen LogP contribution in [0.2, 0.25) is 0 Å². The summed E-state index contributed by atoms with van der Waals surface area (Å²) in [5, 5.41) is 4.28. The predicted octanol–water partition coefficient (Wildman–Crippen LogP) is 2.23. The molecule has 9 nitrogen and oxygen atoms in total. The lowest BCUT2D eigenvalue weighted by molar-refractivity contribution is -0.118. The Labute approximate surface area is 174 Å². The van der Waals surface area contributed by atoms with Gasteiger partial charge < -0.3 is 24.8 Å². The third-order valence-corrected chi connectivity index (χ3v) is 6.74. The minimum absolute atomic E-state index is 0.0136. The normalized spacial score (nSPS) is 14.0. The van der Waals surface area contributed by atoms with Gasteiger partial charge in [-0.1, -0.05) is 0 Å². The van der Waals surface area contributed by atoms with E-state index in [1.807, 2.05) is 0 Å². The molecule has 160 valence electrons. The van der Waals surface area contributed by atoms with Gasteiger partial charge in [0, 0.05) is 18.6 Å². The lowest BCUT2D eigenvalue weighted by atomic mass is 10.2. The third-order valence-electron chi connectivity index (χ3n) is 4.60. The number of fused-ring (bicyclic) bond motifs is 1. The fraction of sp³-hybridized carbons (Fsp3) is 0.300. The van der Waals surface area contributed by atoms with E-state index in [2.05, 4.69) is 10.6 Å². The molecular weight excluding hydrogens is 412 g/mol. The van der Waals surface area contributed by atoms with Gasteiger partial charge in [-0.2, -0.15) is 0 Å². The van der Waals surface area contributed by atoms with E-state index in [4.69, 9.17) is 14.2 Å². The van der Waals surface area contributed by atoms with Crippen molar-refractivity contribution < 1.29 is 32.2 Å². The maximum absolute atomic E-state index is 12.9. The predicted molar refractivity (Wildman–Crippen MR) is 110 cm³/mol. The van der Waals surface area contributed by atoms with Gasteiger partial charge in [-0.25, -0.2) is 8.42 Å². The molecule has 0 saturated carbocycles. The van der Waals surface area contributed by atoms with E-state index in [9.17, 15) is 18.0 Å². The zero-order chi connectivity index (χ0) is 21.9. The number of benzene rings is 2. The average molecular weight is 434 g/mol. The molecule has 0 radical (unpaired) electrons. The number of methoxy groups -OCH3 is 2. The van der Waals surface area contributed by atoms with Gasteiger partial charge in [0.05, 0.1) is 35.7 Å². The molecule has 0 bridgehead atoms. The molecule has 0 fully saturated rings. The van der Waals surface area contributed by atoms with Gasteiger partial charge in [-0.3, -0.25) is 9.59 Å². The minimum Gasteiger partial charge on any atom is -0.497 e. The highest BCUT2D eigenvalue weighted by molar-refractivity contribution is 7.92. The van der Waals surface area contributed by atoms with Crippen molar-refractivity contribution in [2.45, 2.75) is 23.5 Å². The topological polar surface area (TPSA) is 120 Å². The van der Waals surface area contributed by atoms with E-state index in [1.54, 1.807) is 18.2 Å². The molecule has 1 aliphatic rings. The van der Waals surface area contributed by atoms with Crippen LogP contribution in [0.25, 0.3) is 0 Å². The number of amides is 2. The molecule has 1 aliphatic heterocycles. The summed E-state index contributed by atoms with van der Waals surface area (Å²) in [6.45, 7) is 1.28. The molecule has 0 saturated heterocycles. The van der Waals surface area contributed by atoms with Crippen molar-refractivity contribution in [3.05, 3.63) is 36.4 Å². The number of hydrogen-bond acceptors (Lipinski definition) is 7. The van der Waals surface area contributed by atoms with E-state index < -0.39 is 21.0 Å². The standard InChI is InChI=1S/C20H22N2O7S/c1-12(8-19(23)21-15-6-4-13(27-2)9-17(15)28-3)30(25,26)14-5-7-16-18(10-14)29-11-20(24)22-16/h4-7,9-10,12H,8,11H2,1-3H3,(H,21,23)(H,22,24). The van der Waals surface area contributed by atoms with Crippen LogP contribution in [0.1, 0.15) is 13.3 Å². The smallest absolute Gasteiger partial charge is 0.262 e. The highest BCUT2D eigenvalue weighted by Crippen LogP contribution is 2.32. The number of sulfone groups is 1. The first-order valence-electron chi connectivity index (χ1n) is 9.07. The van der Waals surface area contributed by atoms with Crippen molar-refractivity contribution in [2.75, 3.05) is 31.5 Å². The van der Waals surface area contributed by atoms with Gasteiger partial charge in [0.1, 0.15) is 17.2 Å². The lowest BCUT2D eigenvalue weighted by Gasteiger charge is -2.19. The second-order valence-electron chi connectivity index (χ2n) is 6.67. The van der Waals surface area contributed by atoms with E-state index in [0.717, 1.165) is 0 Å². The molecule has 0 spiro atoms. The molecule has 2 N–H and O–H groups in total. The van der Waals surface area contributed by atoms with Crippen LogP contribution in [-0.2, 0) is 19.4 Å². The molecular formula is C20H22N2O7S. The van der Waals surface area contributed by atoms with Gasteiger partial charge in [0.25, 0.3) is 5.91 Å². The zero-order valence-electron chi connectivity index (χ0n) is 16.7. The van der Waals surface area contributed by atoms with Crippen molar-refractivity contribution in [3.63, 3.8) is 0 Å². The maximum atomic E-state index is 12.9.